The van der Waals surface area contributed by atoms with Crippen molar-refractivity contribution >= 4 is 28.4 Å². The van der Waals surface area contributed by atoms with E-state index in [-0.39, 0.29) is 11.5 Å². The summed E-state index contributed by atoms with van der Waals surface area (Å²) in [7, 11) is 0. The molecule has 0 fully saturated rings. The second-order valence-corrected chi connectivity index (χ2v) is 9.46. The first-order valence-corrected chi connectivity index (χ1v) is 12.7. The Labute approximate surface area is 224 Å². The maximum atomic E-state index is 13.8. The van der Waals surface area contributed by atoms with Crippen LogP contribution in [0.3, 0.4) is 0 Å². The predicted molar refractivity (Wildman–Crippen MR) is 148 cm³/mol. The topological polar surface area (TPSA) is 55.2 Å². The highest BCUT2D eigenvalue weighted by Gasteiger charge is 2.27. The van der Waals surface area contributed by atoms with Crippen LogP contribution in [0.15, 0.2) is 108 Å². The molecule has 5 rings (SSSR count). The van der Waals surface area contributed by atoms with E-state index in [2.05, 4.69) is 0 Å². The number of fused-ring (bicyclic) bond motifs is 1. The number of benzene rings is 4. The zero-order chi connectivity index (χ0) is 26.6. The molecule has 5 nitrogen and oxygen atoms in total. The molecule has 0 bridgehead atoms. The monoisotopic (exact) mass is 525 g/mol. The number of para-hydroxylation sites is 1. The zero-order valence-corrected chi connectivity index (χ0v) is 21.5. The highest BCUT2D eigenvalue weighted by atomic mass is 35.5. The molecule has 0 aliphatic heterocycles. The van der Waals surface area contributed by atoms with E-state index in [0.29, 0.717) is 46.0 Å². The Hall–Kier alpha value is -4.29. The van der Waals surface area contributed by atoms with Gasteiger partial charge in [0, 0.05) is 17.1 Å². The molecule has 1 amide bonds. The van der Waals surface area contributed by atoms with Crippen molar-refractivity contribution in [2.75, 3.05) is 6.54 Å². The molecule has 7 heteroatoms. The Morgan fingerprint density at radius 2 is 1.58 bits per heavy atom. The molecule has 0 saturated heterocycles. The lowest BCUT2D eigenvalue weighted by Gasteiger charge is -2.31. The van der Waals surface area contributed by atoms with Crippen molar-refractivity contribution in [3.8, 4) is 5.69 Å². The number of aromatic nitrogens is 2. The van der Waals surface area contributed by atoms with Gasteiger partial charge >= 0.3 is 0 Å². The Morgan fingerprint density at radius 3 is 2.29 bits per heavy atom. The number of carbonyl (C=O) groups is 1. The largest absolute Gasteiger partial charge is 0.328 e. The fourth-order valence-electron chi connectivity index (χ4n) is 4.53. The minimum atomic E-state index is -0.593. The van der Waals surface area contributed by atoms with E-state index >= 15 is 0 Å². The van der Waals surface area contributed by atoms with Gasteiger partial charge in [0.1, 0.15) is 11.6 Å². The minimum Gasteiger partial charge on any atom is -0.328 e. The van der Waals surface area contributed by atoms with E-state index in [1.165, 1.54) is 28.8 Å². The Kier molecular flexibility index (Phi) is 7.33. The normalized spacial score (nSPS) is 11.9. The van der Waals surface area contributed by atoms with Crippen LogP contribution in [0.4, 0.5) is 4.39 Å². The van der Waals surface area contributed by atoms with Crippen LogP contribution in [0.25, 0.3) is 16.6 Å². The van der Waals surface area contributed by atoms with Gasteiger partial charge in [0.15, 0.2) is 0 Å². The molecule has 1 aromatic heterocycles. The van der Waals surface area contributed by atoms with Gasteiger partial charge in [-0.1, -0.05) is 54.1 Å². The molecule has 5 aromatic rings. The second kappa shape index (κ2) is 11.0. The molecule has 0 aliphatic carbocycles. The minimum absolute atomic E-state index is 0.239. The quantitative estimate of drug-likeness (QED) is 0.240. The highest BCUT2D eigenvalue weighted by molar-refractivity contribution is 6.30. The van der Waals surface area contributed by atoms with Gasteiger partial charge in [-0.05, 0) is 79.6 Å². The average Bonchev–Trinajstić information content (AvgIpc) is 2.94. The number of nitrogens with zero attached hydrogens (tertiary/aromatic N) is 3. The molecule has 1 heterocycles. The fraction of sp³-hybridized carbons (Fsp3) is 0.129. The summed E-state index contributed by atoms with van der Waals surface area (Å²) >= 11 is 6.12. The van der Waals surface area contributed by atoms with Crippen molar-refractivity contribution in [1.82, 2.24) is 14.5 Å². The smallest absolute Gasteiger partial charge is 0.266 e. The fourth-order valence-corrected chi connectivity index (χ4v) is 4.66. The summed E-state index contributed by atoms with van der Waals surface area (Å²) in [4.78, 5) is 34.1. The molecule has 1 unspecified atom stereocenters. The summed E-state index contributed by atoms with van der Waals surface area (Å²) in [6.45, 7) is 2.22. The van der Waals surface area contributed by atoms with Crippen LogP contribution in [-0.2, 0) is 6.42 Å². The Bertz CT molecular complexity index is 1640. The van der Waals surface area contributed by atoms with Gasteiger partial charge in [-0.2, -0.15) is 0 Å². The van der Waals surface area contributed by atoms with E-state index in [4.69, 9.17) is 16.6 Å². The second-order valence-electron chi connectivity index (χ2n) is 9.02. The number of halogens is 2. The SMILES string of the molecule is CC(c1nc2ccccc2c(=O)n1-c1ccc(Cl)cc1)N(CCc1ccccc1)C(=O)c1ccc(F)cc1. The highest BCUT2D eigenvalue weighted by Crippen LogP contribution is 2.26. The van der Waals surface area contributed by atoms with Crippen molar-refractivity contribution in [2.45, 2.75) is 19.4 Å². The molecule has 190 valence electrons. The lowest BCUT2D eigenvalue weighted by Crippen LogP contribution is -2.38. The zero-order valence-electron chi connectivity index (χ0n) is 20.7. The van der Waals surface area contributed by atoms with Crippen LogP contribution in [-0.4, -0.2) is 26.9 Å². The summed E-state index contributed by atoms with van der Waals surface area (Å²) < 4.78 is 15.2. The van der Waals surface area contributed by atoms with Gasteiger partial charge < -0.3 is 4.90 Å². The van der Waals surface area contributed by atoms with E-state index in [9.17, 15) is 14.0 Å². The van der Waals surface area contributed by atoms with E-state index in [0.717, 1.165) is 5.56 Å². The molecule has 0 saturated carbocycles. The van der Waals surface area contributed by atoms with Gasteiger partial charge in [0.05, 0.1) is 22.6 Å². The number of rotatable bonds is 7. The van der Waals surface area contributed by atoms with Crippen LogP contribution in [0.1, 0.15) is 34.7 Å². The molecule has 4 aromatic carbocycles. The molecule has 0 spiro atoms. The standard InChI is InChI=1S/C31H25ClFN3O2/c1-21(35(20-19-22-7-3-2-4-8-22)30(37)23-11-15-25(33)16-12-23)29-34-28-10-6-5-9-27(28)31(38)36(29)26-17-13-24(32)14-18-26/h2-18,21H,19-20H2,1H3. The molecule has 1 atom stereocenters. The molecular weight excluding hydrogens is 501 g/mol. The number of amides is 1. The molecule has 0 N–H and O–H groups in total. The number of hydrogen-bond acceptors (Lipinski definition) is 3. The van der Waals surface area contributed by atoms with Crippen molar-refractivity contribution in [3.63, 3.8) is 0 Å². The predicted octanol–water partition coefficient (Wildman–Crippen LogP) is 6.62. The lowest BCUT2D eigenvalue weighted by atomic mass is 10.1. The maximum Gasteiger partial charge on any atom is 0.266 e. The van der Waals surface area contributed by atoms with Gasteiger partial charge in [0.25, 0.3) is 11.5 Å². The summed E-state index contributed by atoms with van der Waals surface area (Å²) in [5.41, 5.74) is 2.32. The molecule has 0 radical (unpaired) electrons. The third kappa shape index (κ3) is 5.22. The van der Waals surface area contributed by atoms with Gasteiger partial charge in [-0.25, -0.2) is 9.37 Å². The van der Waals surface area contributed by atoms with Gasteiger partial charge in [-0.3, -0.25) is 14.2 Å². The third-order valence-electron chi connectivity index (χ3n) is 6.56. The van der Waals surface area contributed by atoms with Crippen LogP contribution in [0, 0.1) is 5.82 Å². The van der Waals surface area contributed by atoms with E-state index in [1.54, 1.807) is 47.4 Å². The van der Waals surface area contributed by atoms with Crippen molar-refractivity contribution in [3.05, 3.63) is 141 Å². The van der Waals surface area contributed by atoms with Crippen molar-refractivity contribution in [1.29, 1.82) is 0 Å². The summed E-state index contributed by atoms with van der Waals surface area (Å²) in [5, 5.41) is 1.01. The summed E-state index contributed by atoms with van der Waals surface area (Å²) in [5.74, 6) is -0.281. The number of carbonyl (C=O) groups excluding carboxylic acids is 1. The third-order valence-corrected chi connectivity index (χ3v) is 6.82. The van der Waals surface area contributed by atoms with Crippen LogP contribution in [0.5, 0.6) is 0 Å². The first-order chi connectivity index (χ1) is 18.4. The van der Waals surface area contributed by atoms with Crippen LogP contribution < -0.4 is 5.56 Å². The van der Waals surface area contributed by atoms with Crippen LogP contribution >= 0.6 is 11.6 Å². The van der Waals surface area contributed by atoms with Crippen LogP contribution in [0.2, 0.25) is 5.02 Å². The van der Waals surface area contributed by atoms with E-state index < -0.39 is 11.9 Å². The summed E-state index contributed by atoms with van der Waals surface area (Å²) in [6, 6.07) is 28.8. The first kappa shape index (κ1) is 25.4. The molecular formula is C31H25ClFN3O2. The summed E-state index contributed by atoms with van der Waals surface area (Å²) in [6.07, 6.45) is 0.594. The molecule has 0 aliphatic rings. The lowest BCUT2D eigenvalue weighted by molar-refractivity contribution is 0.0683. The first-order valence-electron chi connectivity index (χ1n) is 12.3. The van der Waals surface area contributed by atoms with Gasteiger partial charge in [0.2, 0.25) is 0 Å². The van der Waals surface area contributed by atoms with Crippen molar-refractivity contribution < 1.29 is 9.18 Å². The van der Waals surface area contributed by atoms with Gasteiger partial charge in [-0.15, -0.1) is 0 Å². The van der Waals surface area contributed by atoms with Crippen molar-refractivity contribution in [2.24, 2.45) is 0 Å². The maximum absolute atomic E-state index is 13.8. The Balaban J connectivity index is 1.64. The average molecular weight is 526 g/mol. The Morgan fingerprint density at radius 1 is 0.921 bits per heavy atom. The number of hydrogen-bond donors (Lipinski definition) is 0. The van der Waals surface area contributed by atoms with E-state index in [1.807, 2.05) is 43.3 Å². The molecule has 38 heavy (non-hydrogen) atoms.